The number of hydrogen-bond acceptors (Lipinski definition) is 4. The lowest BCUT2D eigenvalue weighted by Crippen LogP contribution is -2.39. The molecule has 2 unspecified atom stereocenters. The van der Waals surface area contributed by atoms with Crippen LogP contribution in [0, 0.1) is 6.92 Å². The van der Waals surface area contributed by atoms with E-state index in [0.29, 0.717) is 13.0 Å². The summed E-state index contributed by atoms with van der Waals surface area (Å²) in [6.07, 6.45) is 2.51. The molecule has 0 bridgehead atoms. The van der Waals surface area contributed by atoms with Crippen LogP contribution in [0.3, 0.4) is 0 Å². The Morgan fingerprint density at radius 2 is 2.39 bits per heavy atom. The molecule has 0 aromatic carbocycles. The minimum Gasteiger partial charge on any atom is -0.363 e. The van der Waals surface area contributed by atoms with E-state index in [9.17, 15) is 9.59 Å². The Labute approximate surface area is 105 Å². The third kappa shape index (κ3) is 2.77. The highest BCUT2D eigenvalue weighted by molar-refractivity contribution is 5.80. The van der Waals surface area contributed by atoms with Crippen molar-refractivity contribution in [3.63, 3.8) is 0 Å². The molecule has 0 saturated carbocycles. The Balaban J connectivity index is 1.99. The minimum absolute atomic E-state index is 0.0506. The van der Waals surface area contributed by atoms with Crippen molar-refractivity contribution in [2.24, 2.45) is 5.84 Å². The highest BCUT2D eigenvalue weighted by Gasteiger charge is 2.30. The first-order valence-electron chi connectivity index (χ1n) is 5.93. The largest absolute Gasteiger partial charge is 0.363 e. The van der Waals surface area contributed by atoms with Crippen LogP contribution >= 0.6 is 0 Å². The number of nitrogens with two attached hydrogens (primary N) is 1. The van der Waals surface area contributed by atoms with Crippen LogP contribution in [-0.2, 0) is 16.1 Å². The van der Waals surface area contributed by atoms with Gasteiger partial charge in [0, 0.05) is 12.3 Å². The molecule has 0 aliphatic carbocycles. The van der Waals surface area contributed by atoms with Crippen LogP contribution in [0.5, 0.6) is 0 Å². The van der Waals surface area contributed by atoms with Gasteiger partial charge in [0.05, 0.1) is 12.6 Å². The molecule has 2 rings (SSSR count). The first-order chi connectivity index (χ1) is 8.60. The van der Waals surface area contributed by atoms with Crippen molar-refractivity contribution in [3.05, 3.63) is 34.2 Å². The number of hydrazine groups is 1. The zero-order valence-electron chi connectivity index (χ0n) is 10.3. The monoisotopic (exact) mass is 251 g/mol. The average Bonchev–Trinajstić information content (AvgIpc) is 2.80. The van der Waals surface area contributed by atoms with Crippen molar-refractivity contribution >= 4 is 5.91 Å². The van der Waals surface area contributed by atoms with Gasteiger partial charge in [0.25, 0.3) is 11.5 Å². The van der Waals surface area contributed by atoms with E-state index in [2.05, 4.69) is 5.43 Å². The second-order valence-corrected chi connectivity index (χ2v) is 4.53. The number of rotatable bonds is 3. The summed E-state index contributed by atoms with van der Waals surface area (Å²) in [4.78, 5) is 23.0. The molecule has 1 fully saturated rings. The third-order valence-electron chi connectivity index (χ3n) is 3.09. The zero-order chi connectivity index (χ0) is 13.1. The molecule has 6 heteroatoms. The smallest absolute Gasteiger partial charge is 0.263 e. The van der Waals surface area contributed by atoms with Crippen molar-refractivity contribution in [1.29, 1.82) is 0 Å². The van der Waals surface area contributed by atoms with Gasteiger partial charge in [0.15, 0.2) is 0 Å². The number of aryl methyl sites for hydroxylation is 1. The molecule has 2 atom stereocenters. The average molecular weight is 251 g/mol. The predicted molar refractivity (Wildman–Crippen MR) is 65.7 cm³/mol. The number of pyridine rings is 1. The van der Waals surface area contributed by atoms with Crippen LogP contribution in [0.2, 0.25) is 0 Å². The molecule has 1 saturated heterocycles. The molecule has 98 valence electrons. The molecule has 2 heterocycles. The molecular weight excluding hydrogens is 234 g/mol. The van der Waals surface area contributed by atoms with Gasteiger partial charge in [-0.15, -0.1) is 0 Å². The molecule has 6 nitrogen and oxygen atoms in total. The lowest BCUT2D eigenvalue weighted by Gasteiger charge is -2.14. The molecule has 1 amide bonds. The molecular formula is C12H17N3O3. The molecule has 18 heavy (non-hydrogen) atoms. The molecule has 0 spiro atoms. The van der Waals surface area contributed by atoms with Crippen molar-refractivity contribution in [1.82, 2.24) is 9.99 Å². The zero-order valence-corrected chi connectivity index (χ0v) is 10.3. The molecule has 1 aromatic rings. The van der Waals surface area contributed by atoms with Crippen molar-refractivity contribution in [3.8, 4) is 0 Å². The normalized spacial score (nSPS) is 23.0. The Morgan fingerprint density at radius 1 is 1.61 bits per heavy atom. The summed E-state index contributed by atoms with van der Waals surface area (Å²) in [7, 11) is 0. The van der Waals surface area contributed by atoms with Crippen molar-refractivity contribution in [2.45, 2.75) is 38.5 Å². The summed E-state index contributed by atoms with van der Waals surface area (Å²) in [5.41, 5.74) is 2.96. The number of carbonyl (C=O) groups excluding carboxylic acids is 1. The SMILES string of the molecule is Cc1ccn(CC2CCC(C(=O)NN)O2)c(=O)c1. The van der Waals surface area contributed by atoms with Gasteiger partial charge in [-0.2, -0.15) is 0 Å². The molecule has 0 radical (unpaired) electrons. The topological polar surface area (TPSA) is 86.3 Å². The van der Waals surface area contributed by atoms with Gasteiger partial charge in [0.2, 0.25) is 0 Å². The van der Waals surface area contributed by atoms with Crippen LogP contribution < -0.4 is 16.8 Å². The number of ether oxygens (including phenoxy) is 1. The summed E-state index contributed by atoms with van der Waals surface area (Å²) < 4.78 is 7.15. The number of nitrogens with zero attached hydrogens (tertiary/aromatic N) is 1. The van der Waals surface area contributed by atoms with Crippen LogP contribution in [0.1, 0.15) is 18.4 Å². The van der Waals surface area contributed by atoms with E-state index in [1.54, 1.807) is 16.8 Å². The molecule has 1 aliphatic heterocycles. The second kappa shape index (κ2) is 5.32. The van der Waals surface area contributed by atoms with Gasteiger partial charge < -0.3 is 9.30 Å². The Bertz CT molecular complexity index is 498. The minimum atomic E-state index is -0.499. The van der Waals surface area contributed by atoms with Gasteiger partial charge >= 0.3 is 0 Å². The maximum Gasteiger partial charge on any atom is 0.263 e. The fourth-order valence-electron chi connectivity index (χ4n) is 2.10. The summed E-state index contributed by atoms with van der Waals surface area (Å²) in [6, 6.07) is 3.46. The number of amides is 1. The standard InChI is InChI=1S/C12H17N3O3/c1-8-4-5-15(11(16)6-8)7-9-2-3-10(18-9)12(17)14-13/h4-6,9-10H,2-3,7,13H2,1H3,(H,14,17). The fraction of sp³-hybridized carbons (Fsp3) is 0.500. The van der Waals surface area contributed by atoms with Gasteiger partial charge in [-0.3, -0.25) is 15.0 Å². The quantitative estimate of drug-likeness (QED) is 0.438. The van der Waals surface area contributed by atoms with E-state index < -0.39 is 6.10 Å². The van der Waals surface area contributed by atoms with Crippen LogP contribution in [0.15, 0.2) is 23.1 Å². The number of nitrogens with one attached hydrogen (secondary N) is 1. The Kier molecular flexibility index (Phi) is 3.78. The lowest BCUT2D eigenvalue weighted by molar-refractivity contribution is -0.132. The van der Waals surface area contributed by atoms with Gasteiger partial charge in [-0.1, -0.05) is 0 Å². The number of hydrogen-bond donors (Lipinski definition) is 2. The predicted octanol–water partition coefficient (Wildman–Crippen LogP) is -0.306. The van der Waals surface area contributed by atoms with Crippen LogP contribution in [0.4, 0.5) is 0 Å². The molecule has 1 aromatic heterocycles. The summed E-state index contributed by atoms with van der Waals surface area (Å²) in [5, 5.41) is 0. The maximum atomic E-state index is 11.7. The Morgan fingerprint density at radius 3 is 3.06 bits per heavy atom. The molecule has 1 aliphatic rings. The number of aromatic nitrogens is 1. The van der Waals surface area contributed by atoms with E-state index >= 15 is 0 Å². The van der Waals surface area contributed by atoms with Crippen LogP contribution in [0.25, 0.3) is 0 Å². The summed E-state index contributed by atoms with van der Waals surface area (Å²) >= 11 is 0. The van der Waals surface area contributed by atoms with Crippen molar-refractivity contribution in [2.75, 3.05) is 0 Å². The van der Waals surface area contributed by atoms with Gasteiger partial charge in [0.1, 0.15) is 6.10 Å². The van der Waals surface area contributed by atoms with Gasteiger partial charge in [-0.25, -0.2) is 5.84 Å². The lowest BCUT2D eigenvalue weighted by atomic mass is 10.2. The fourth-order valence-corrected chi connectivity index (χ4v) is 2.10. The second-order valence-electron chi connectivity index (χ2n) is 4.53. The van der Waals surface area contributed by atoms with E-state index in [4.69, 9.17) is 10.6 Å². The molecule has 3 N–H and O–H groups in total. The van der Waals surface area contributed by atoms with E-state index in [0.717, 1.165) is 12.0 Å². The Hall–Kier alpha value is -1.66. The first-order valence-corrected chi connectivity index (χ1v) is 5.93. The van der Waals surface area contributed by atoms with E-state index in [1.165, 1.54) is 0 Å². The van der Waals surface area contributed by atoms with Crippen LogP contribution in [-0.4, -0.2) is 22.7 Å². The summed E-state index contributed by atoms with van der Waals surface area (Å²) in [6.45, 7) is 2.34. The van der Waals surface area contributed by atoms with E-state index in [-0.39, 0.29) is 17.6 Å². The van der Waals surface area contributed by atoms with E-state index in [1.807, 2.05) is 13.0 Å². The highest BCUT2D eigenvalue weighted by Crippen LogP contribution is 2.20. The maximum absolute atomic E-state index is 11.7. The van der Waals surface area contributed by atoms with Gasteiger partial charge in [-0.05, 0) is 31.4 Å². The third-order valence-corrected chi connectivity index (χ3v) is 3.09. The highest BCUT2D eigenvalue weighted by atomic mass is 16.5. The first kappa shape index (κ1) is 12.8. The summed E-state index contributed by atoms with van der Waals surface area (Å²) in [5.74, 6) is 4.74. The number of carbonyl (C=O) groups is 1. The van der Waals surface area contributed by atoms with Crippen molar-refractivity contribution < 1.29 is 9.53 Å².